The van der Waals surface area contributed by atoms with Crippen molar-refractivity contribution in [1.29, 1.82) is 0 Å². The maximum atomic E-state index is 5.54. The molecule has 0 atom stereocenters. The molecule has 1 aliphatic heterocycles. The molecule has 4 heteroatoms. The van der Waals surface area contributed by atoms with Crippen molar-refractivity contribution in [2.45, 2.75) is 24.2 Å². The van der Waals surface area contributed by atoms with E-state index in [0.29, 0.717) is 0 Å². The lowest BCUT2D eigenvalue weighted by molar-refractivity contribution is 0.588. The van der Waals surface area contributed by atoms with Gasteiger partial charge in [-0.1, -0.05) is 0 Å². The summed E-state index contributed by atoms with van der Waals surface area (Å²) in [4.78, 5) is 3.50. The highest BCUT2D eigenvalue weighted by Gasteiger charge is 2.11. The first-order valence-corrected chi connectivity index (χ1v) is 7.23. The van der Waals surface area contributed by atoms with Gasteiger partial charge in [-0.15, -0.1) is 12.6 Å². The van der Waals surface area contributed by atoms with Crippen LogP contribution in [0.15, 0.2) is 23.1 Å². The SMILES string of the molecule is NCCCCc1cc(S)cc(N2CCNCC2)c1. The van der Waals surface area contributed by atoms with Crippen molar-refractivity contribution >= 4 is 18.3 Å². The molecule has 1 aromatic rings. The van der Waals surface area contributed by atoms with Crippen LogP contribution >= 0.6 is 12.6 Å². The second-order valence-electron chi connectivity index (χ2n) is 4.84. The zero-order valence-electron chi connectivity index (χ0n) is 10.9. The molecule has 100 valence electrons. The maximum absolute atomic E-state index is 5.54. The van der Waals surface area contributed by atoms with Gasteiger partial charge in [0, 0.05) is 36.8 Å². The van der Waals surface area contributed by atoms with Gasteiger partial charge in [0.1, 0.15) is 0 Å². The molecule has 0 amide bonds. The number of hydrogen-bond donors (Lipinski definition) is 3. The summed E-state index contributed by atoms with van der Waals surface area (Å²) in [5.41, 5.74) is 8.23. The van der Waals surface area contributed by atoms with Gasteiger partial charge >= 0.3 is 0 Å². The number of rotatable bonds is 5. The minimum Gasteiger partial charge on any atom is -0.369 e. The topological polar surface area (TPSA) is 41.3 Å². The van der Waals surface area contributed by atoms with Crippen LogP contribution in [0.1, 0.15) is 18.4 Å². The summed E-state index contributed by atoms with van der Waals surface area (Å²) in [5.74, 6) is 0. The molecule has 2 rings (SSSR count). The van der Waals surface area contributed by atoms with Gasteiger partial charge in [0.15, 0.2) is 0 Å². The molecule has 0 spiro atoms. The Kier molecular flexibility index (Phi) is 5.35. The van der Waals surface area contributed by atoms with Crippen molar-refractivity contribution in [2.24, 2.45) is 5.73 Å². The molecule has 1 fully saturated rings. The molecular weight excluding hydrogens is 242 g/mol. The van der Waals surface area contributed by atoms with E-state index < -0.39 is 0 Å². The molecule has 1 saturated heterocycles. The van der Waals surface area contributed by atoms with Crippen LogP contribution < -0.4 is 16.0 Å². The van der Waals surface area contributed by atoms with E-state index >= 15 is 0 Å². The normalized spacial score (nSPS) is 16.0. The van der Waals surface area contributed by atoms with Gasteiger partial charge in [-0.25, -0.2) is 0 Å². The van der Waals surface area contributed by atoms with Crippen LogP contribution in [0.25, 0.3) is 0 Å². The zero-order valence-corrected chi connectivity index (χ0v) is 11.8. The Morgan fingerprint density at radius 1 is 1.17 bits per heavy atom. The Morgan fingerprint density at radius 2 is 1.94 bits per heavy atom. The number of hydrogen-bond acceptors (Lipinski definition) is 4. The number of nitrogens with zero attached hydrogens (tertiary/aromatic N) is 1. The lowest BCUT2D eigenvalue weighted by Gasteiger charge is -2.30. The zero-order chi connectivity index (χ0) is 12.8. The maximum Gasteiger partial charge on any atom is 0.0380 e. The summed E-state index contributed by atoms with van der Waals surface area (Å²) in [5, 5.41) is 3.38. The van der Waals surface area contributed by atoms with Crippen LogP contribution in [0, 0.1) is 0 Å². The predicted molar refractivity (Wildman–Crippen MR) is 80.8 cm³/mol. The van der Waals surface area contributed by atoms with Crippen LogP contribution in [-0.2, 0) is 6.42 Å². The van der Waals surface area contributed by atoms with Crippen molar-refractivity contribution in [3.05, 3.63) is 23.8 Å². The van der Waals surface area contributed by atoms with Crippen LogP contribution in [0.4, 0.5) is 5.69 Å². The minimum absolute atomic E-state index is 0.783. The van der Waals surface area contributed by atoms with E-state index in [9.17, 15) is 0 Å². The lowest BCUT2D eigenvalue weighted by Crippen LogP contribution is -2.43. The largest absolute Gasteiger partial charge is 0.369 e. The number of nitrogens with two attached hydrogens (primary N) is 1. The Morgan fingerprint density at radius 3 is 2.67 bits per heavy atom. The number of thiol groups is 1. The third-order valence-electron chi connectivity index (χ3n) is 3.36. The van der Waals surface area contributed by atoms with Gasteiger partial charge in [0.25, 0.3) is 0 Å². The second kappa shape index (κ2) is 7.02. The smallest absolute Gasteiger partial charge is 0.0380 e. The highest BCUT2D eigenvalue weighted by molar-refractivity contribution is 7.80. The van der Waals surface area contributed by atoms with E-state index in [4.69, 9.17) is 5.73 Å². The number of piperazine rings is 1. The summed E-state index contributed by atoms with van der Waals surface area (Å²) in [6.07, 6.45) is 3.36. The molecule has 3 N–H and O–H groups in total. The van der Waals surface area contributed by atoms with Crippen molar-refractivity contribution in [2.75, 3.05) is 37.6 Å². The summed E-state index contributed by atoms with van der Waals surface area (Å²) in [6.45, 7) is 5.09. The summed E-state index contributed by atoms with van der Waals surface area (Å²) in [7, 11) is 0. The monoisotopic (exact) mass is 265 g/mol. The van der Waals surface area contributed by atoms with E-state index in [-0.39, 0.29) is 0 Å². The first kappa shape index (κ1) is 13.7. The number of nitrogens with one attached hydrogen (secondary N) is 1. The molecule has 0 bridgehead atoms. The average Bonchev–Trinajstić information content (AvgIpc) is 2.39. The molecule has 1 aliphatic rings. The van der Waals surface area contributed by atoms with E-state index in [2.05, 4.69) is 41.0 Å². The Balaban J connectivity index is 2.05. The predicted octanol–water partition coefficient (Wildman–Crippen LogP) is 1.67. The molecular formula is C14H23N3S. The molecule has 0 unspecified atom stereocenters. The fourth-order valence-electron chi connectivity index (χ4n) is 2.38. The van der Waals surface area contributed by atoms with Crippen LogP contribution in [0.5, 0.6) is 0 Å². The summed E-state index contributed by atoms with van der Waals surface area (Å²) >= 11 is 4.52. The van der Waals surface area contributed by atoms with E-state index in [0.717, 1.165) is 56.9 Å². The molecule has 0 radical (unpaired) electrons. The van der Waals surface area contributed by atoms with Crippen LogP contribution in [0.2, 0.25) is 0 Å². The standard InChI is InChI=1S/C14H23N3S/c15-4-2-1-3-12-9-13(11-14(18)10-12)17-7-5-16-6-8-17/h9-11,16,18H,1-8,15H2. The van der Waals surface area contributed by atoms with E-state index in [1.165, 1.54) is 11.3 Å². The van der Waals surface area contributed by atoms with Gasteiger partial charge < -0.3 is 16.0 Å². The van der Waals surface area contributed by atoms with Gasteiger partial charge in [-0.05, 0) is 49.6 Å². The second-order valence-corrected chi connectivity index (χ2v) is 5.36. The number of unbranched alkanes of at least 4 members (excludes halogenated alkanes) is 1. The third kappa shape index (κ3) is 3.90. The van der Waals surface area contributed by atoms with Crippen molar-refractivity contribution < 1.29 is 0 Å². The quantitative estimate of drug-likeness (QED) is 0.560. The average molecular weight is 265 g/mol. The van der Waals surface area contributed by atoms with Crippen molar-refractivity contribution in [3.63, 3.8) is 0 Å². The summed E-state index contributed by atoms with van der Waals surface area (Å²) < 4.78 is 0. The first-order valence-electron chi connectivity index (χ1n) is 6.78. The first-order chi connectivity index (χ1) is 8.79. The molecule has 0 aliphatic carbocycles. The summed E-state index contributed by atoms with van der Waals surface area (Å²) in [6, 6.07) is 6.65. The minimum atomic E-state index is 0.783. The Hall–Kier alpha value is -0.710. The highest BCUT2D eigenvalue weighted by Crippen LogP contribution is 2.23. The lowest BCUT2D eigenvalue weighted by atomic mass is 10.1. The highest BCUT2D eigenvalue weighted by atomic mass is 32.1. The molecule has 1 aromatic carbocycles. The van der Waals surface area contributed by atoms with Crippen molar-refractivity contribution in [1.82, 2.24) is 5.32 Å². The third-order valence-corrected chi connectivity index (χ3v) is 3.62. The van der Waals surface area contributed by atoms with E-state index in [1.807, 2.05) is 0 Å². The van der Waals surface area contributed by atoms with Gasteiger partial charge in [0.05, 0.1) is 0 Å². The van der Waals surface area contributed by atoms with Gasteiger partial charge in [-0.2, -0.15) is 0 Å². The molecule has 0 aromatic heterocycles. The number of aryl methyl sites for hydroxylation is 1. The molecule has 18 heavy (non-hydrogen) atoms. The molecule has 1 heterocycles. The Labute approximate surface area is 115 Å². The van der Waals surface area contributed by atoms with E-state index in [1.54, 1.807) is 0 Å². The molecule has 3 nitrogen and oxygen atoms in total. The Bertz CT molecular complexity index is 375. The number of anilines is 1. The van der Waals surface area contributed by atoms with Crippen LogP contribution in [0.3, 0.4) is 0 Å². The van der Waals surface area contributed by atoms with Gasteiger partial charge in [0.2, 0.25) is 0 Å². The fraction of sp³-hybridized carbons (Fsp3) is 0.571. The van der Waals surface area contributed by atoms with Crippen molar-refractivity contribution in [3.8, 4) is 0 Å². The van der Waals surface area contributed by atoms with Gasteiger partial charge in [-0.3, -0.25) is 0 Å². The molecule has 0 saturated carbocycles. The number of benzene rings is 1. The fourth-order valence-corrected chi connectivity index (χ4v) is 2.68. The van der Waals surface area contributed by atoms with Crippen LogP contribution in [-0.4, -0.2) is 32.7 Å².